The van der Waals surface area contributed by atoms with Gasteiger partial charge in [-0.1, -0.05) is 19.1 Å². The second-order valence-electron chi connectivity index (χ2n) is 7.23. The number of hydrogen-bond acceptors (Lipinski definition) is 5. The number of fused-ring (bicyclic) bond motifs is 1. The van der Waals surface area contributed by atoms with Crippen molar-refractivity contribution in [2.75, 3.05) is 31.1 Å². The Morgan fingerprint density at radius 2 is 2.00 bits per heavy atom. The summed E-state index contributed by atoms with van der Waals surface area (Å²) in [6.07, 6.45) is 0.846. The van der Waals surface area contributed by atoms with E-state index in [2.05, 4.69) is 10.2 Å². The van der Waals surface area contributed by atoms with Gasteiger partial charge in [0.25, 0.3) is 0 Å². The highest BCUT2D eigenvalue weighted by molar-refractivity contribution is 7.91. The molecule has 2 aliphatic heterocycles. The number of phenolic OH excluding ortho intramolecular Hbond substituents is 1. The predicted molar refractivity (Wildman–Crippen MR) is 99.9 cm³/mol. The number of carbonyl (C=O) groups is 1. The Labute approximate surface area is 154 Å². The van der Waals surface area contributed by atoms with Crippen molar-refractivity contribution in [1.82, 2.24) is 15.1 Å². The first kappa shape index (κ1) is 19.0. The number of phenols is 1. The van der Waals surface area contributed by atoms with Gasteiger partial charge in [-0.3, -0.25) is 4.90 Å². The lowest BCUT2D eigenvalue weighted by molar-refractivity contribution is 0.0607. The summed E-state index contributed by atoms with van der Waals surface area (Å²) in [6, 6.07) is 4.80. The van der Waals surface area contributed by atoms with E-state index in [4.69, 9.17) is 0 Å². The number of nitrogens with zero attached hydrogens (tertiary/aromatic N) is 2. The molecule has 0 spiro atoms. The summed E-state index contributed by atoms with van der Waals surface area (Å²) in [5.41, 5.74) is 1.84. The zero-order valence-electron chi connectivity index (χ0n) is 15.3. The number of aryl methyl sites for hydroxylation is 1. The van der Waals surface area contributed by atoms with Crippen LogP contribution in [0.3, 0.4) is 0 Å². The van der Waals surface area contributed by atoms with E-state index in [1.165, 1.54) is 0 Å². The van der Waals surface area contributed by atoms with Gasteiger partial charge in [0, 0.05) is 32.2 Å². The maximum Gasteiger partial charge on any atom is 0.317 e. The highest BCUT2D eigenvalue weighted by Crippen LogP contribution is 2.29. The number of benzene rings is 1. The lowest BCUT2D eigenvalue weighted by Gasteiger charge is -2.43. The quantitative estimate of drug-likeness (QED) is 0.815. The van der Waals surface area contributed by atoms with E-state index in [1.54, 1.807) is 11.0 Å². The summed E-state index contributed by atoms with van der Waals surface area (Å²) >= 11 is 0. The molecule has 2 heterocycles. The van der Waals surface area contributed by atoms with Crippen LogP contribution in [0.5, 0.6) is 5.75 Å². The zero-order valence-corrected chi connectivity index (χ0v) is 16.1. The minimum atomic E-state index is -3.16. The van der Waals surface area contributed by atoms with E-state index in [0.717, 1.165) is 17.5 Å². The minimum absolute atomic E-state index is 0.0301. The molecule has 8 heteroatoms. The third-order valence-electron chi connectivity index (χ3n) is 5.22. The molecule has 2 aliphatic rings. The normalized spacial score (nSPS) is 25.1. The molecule has 2 saturated heterocycles. The molecule has 0 radical (unpaired) electrons. The van der Waals surface area contributed by atoms with Crippen LogP contribution in [0.4, 0.5) is 4.79 Å². The summed E-state index contributed by atoms with van der Waals surface area (Å²) < 4.78 is 24.5. The average Bonchev–Trinajstić information content (AvgIpc) is 2.91. The number of aromatic hydroxyl groups is 1. The fourth-order valence-corrected chi connectivity index (χ4v) is 5.87. The third kappa shape index (κ3) is 3.96. The van der Waals surface area contributed by atoms with Crippen LogP contribution in [-0.2, 0) is 16.4 Å². The number of piperazine rings is 1. The fourth-order valence-electron chi connectivity index (χ4n) is 3.86. The Hall–Kier alpha value is -1.80. The lowest BCUT2D eigenvalue weighted by Crippen LogP contribution is -2.62. The molecule has 0 bridgehead atoms. The zero-order chi connectivity index (χ0) is 18.9. The number of carbonyl (C=O) groups excluding carboxylic acids is 1. The highest BCUT2D eigenvalue weighted by Gasteiger charge is 2.47. The Morgan fingerprint density at radius 1 is 1.27 bits per heavy atom. The van der Waals surface area contributed by atoms with E-state index in [0.29, 0.717) is 26.2 Å². The van der Waals surface area contributed by atoms with E-state index >= 15 is 0 Å². The summed E-state index contributed by atoms with van der Waals surface area (Å²) in [6.45, 7) is 6.19. The van der Waals surface area contributed by atoms with Crippen molar-refractivity contribution in [2.45, 2.75) is 38.9 Å². The molecule has 0 saturated carbocycles. The number of sulfone groups is 1. The molecule has 1 aromatic carbocycles. The van der Waals surface area contributed by atoms with Gasteiger partial charge in [-0.05, 0) is 30.5 Å². The van der Waals surface area contributed by atoms with Crippen LogP contribution in [0.1, 0.15) is 24.5 Å². The molecule has 26 heavy (non-hydrogen) atoms. The van der Waals surface area contributed by atoms with Gasteiger partial charge in [0.15, 0.2) is 9.84 Å². The van der Waals surface area contributed by atoms with Gasteiger partial charge in [-0.2, -0.15) is 0 Å². The van der Waals surface area contributed by atoms with E-state index in [1.807, 2.05) is 26.0 Å². The van der Waals surface area contributed by atoms with Gasteiger partial charge in [0.2, 0.25) is 0 Å². The van der Waals surface area contributed by atoms with Crippen LogP contribution in [0.15, 0.2) is 18.2 Å². The van der Waals surface area contributed by atoms with Crippen LogP contribution in [0.2, 0.25) is 0 Å². The molecule has 0 aromatic heterocycles. The Morgan fingerprint density at radius 3 is 2.69 bits per heavy atom. The third-order valence-corrected chi connectivity index (χ3v) is 6.92. The van der Waals surface area contributed by atoms with Crippen molar-refractivity contribution in [2.24, 2.45) is 0 Å². The van der Waals surface area contributed by atoms with Gasteiger partial charge >= 0.3 is 6.03 Å². The molecule has 1 aromatic rings. The molecular formula is C18H27N3O4S. The van der Waals surface area contributed by atoms with Crippen molar-refractivity contribution < 1.29 is 18.3 Å². The summed E-state index contributed by atoms with van der Waals surface area (Å²) in [7, 11) is -3.16. The molecule has 2 N–H and O–H groups in total. The van der Waals surface area contributed by atoms with Crippen molar-refractivity contribution in [3.8, 4) is 5.75 Å². The van der Waals surface area contributed by atoms with Crippen molar-refractivity contribution in [1.29, 1.82) is 0 Å². The first-order valence-electron chi connectivity index (χ1n) is 9.08. The average molecular weight is 381 g/mol. The largest absolute Gasteiger partial charge is 0.508 e. The molecule has 0 aliphatic carbocycles. The number of amides is 2. The maximum absolute atomic E-state index is 12.4. The molecular weight excluding hydrogens is 354 g/mol. The number of hydrogen-bond donors (Lipinski definition) is 2. The number of nitrogens with one attached hydrogen (secondary N) is 1. The van der Waals surface area contributed by atoms with Crippen molar-refractivity contribution >= 4 is 15.9 Å². The lowest BCUT2D eigenvalue weighted by atomic mass is 10.0. The maximum atomic E-state index is 12.4. The summed E-state index contributed by atoms with van der Waals surface area (Å²) in [5, 5.41) is 12.6. The number of urea groups is 1. The van der Waals surface area contributed by atoms with Crippen molar-refractivity contribution in [3.05, 3.63) is 29.3 Å². The van der Waals surface area contributed by atoms with Gasteiger partial charge in [-0.25, -0.2) is 13.2 Å². The van der Waals surface area contributed by atoms with E-state index < -0.39 is 9.84 Å². The fraction of sp³-hybridized carbons (Fsp3) is 0.611. The molecule has 2 atom stereocenters. The minimum Gasteiger partial charge on any atom is -0.508 e. The smallest absolute Gasteiger partial charge is 0.317 e. The van der Waals surface area contributed by atoms with Crippen LogP contribution in [0, 0.1) is 6.92 Å². The van der Waals surface area contributed by atoms with E-state index in [-0.39, 0.29) is 35.4 Å². The second kappa shape index (κ2) is 7.44. The molecule has 2 fully saturated rings. The molecule has 144 valence electrons. The van der Waals surface area contributed by atoms with Crippen LogP contribution < -0.4 is 5.32 Å². The van der Waals surface area contributed by atoms with Gasteiger partial charge in [0.05, 0.1) is 17.5 Å². The van der Waals surface area contributed by atoms with E-state index in [9.17, 15) is 18.3 Å². The van der Waals surface area contributed by atoms with Gasteiger partial charge in [-0.15, -0.1) is 0 Å². The molecule has 7 nitrogen and oxygen atoms in total. The summed E-state index contributed by atoms with van der Waals surface area (Å²) in [4.78, 5) is 16.3. The van der Waals surface area contributed by atoms with Crippen LogP contribution >= 0.6 is 0 Å². The Balaban J connectivity index is 1.77. The summed E-state index contributed by atoms with van der Waals surface area (Å²) in [5.74, 6) is 0.377. The Bertz CT molecular complexity index is 781. The predicted octanol–water partition coefficient (Wildman–Crippen LogP) is 1.10. The topological polar surface area (TPSA) is 89.9 Å². The molecule has 2 amide bonds. The number of rotatable bonds is 4. The molecule has 3 rings (SSSR count). The molecule has 0 unspecified atom stereocenters. The highest BCUT2D eigenvalue weighted by atomic mass is 32.2. The monoisotopic (exact) mass is 381 g/mol. The van der Waals surface area contributed by atoms with Crippen molar-refractivity contribution in [3.63, 3.8) is 0 Å². The Kier molecular flexibility index (Phi) is 5.43. The standard InChI is InChI=1S/C18H27N3O4S/c1-3-6-19-18(23)21-8-7-20(15-11-26(24,25)12-16(15)21)10-14-4-5-17(22)13(2)9-14/h4-5,9,15-16,22H,3,6-8,10-12H2,1-2H3,(H,19,23)/t15-,16+/m1/s1. The van der Waals surface area contributed by atoms with Gasteiger partial charge in [0.1, 0.15) is 5.75 Å². The first-order valence-corrected chi connectivity index (χ1v) is 10.9. The second-order valence-corrected chi connectivity index (χ2v) is 9.38. The van der Waals surface area contributed by atoms with Crippen LogP contribution in [-0.4, -0.2) is 72.6 Å². The first-order chi connectivity index (χ1) is 12.3. The van der Waals surface area contributed by atoms with Gasteiger partial charge < -0.3 is 15.3 Å². The van der Waals surface area contributed by atoms with Crippen LogP contribution in [0.25, 0.3) is 0 Å². The SMILES string of the molecule is CCCNC(=O)N1CCN(Cc2ccc(O)c(C)c2)[C@@H]2CS(=O)(=O)C[C@@H]21.